The van der Waals surface area contributed by atoms with Crippen LogP contribution in [0, 0.1) is 0 Å². The molecule has 0 aromatic heterocycles. The summed E-state index contributed by atoms with van der Waals surface area (Å²) in [7, 11) is 0. The lowest BCUT2D eigenvalue weighted by Gasteiger charge is -2.36. The first kappa shape index (κ1) is 23.8. The molecule has 2 heterocycles. The van der Waals surface area contributed by atoms with Crippen LogP contribution in [0.15, 0.2) is 60.7 Å². The third-order valence-electron chi connectivity index (χ3n) is 6.11. The lowest BCUT2D eigenvalue weighted by molar-refractivity contribution is -0.0174. The van der Waals surface area contributed by atoms with E-state index < -0.39 is 24.4 Å². The van der Waals surface area contributed by atoms with E-state index in [1.807, 2.05) is 6.07 Å². The number of hydrogen-bond donors (Lipinski definition) is 5. The molecule has 36 heavy (non-hydrogen) atoms. The summed E-state index contributed by atoms with van der Waals surface area (Å²) in [5, 5.41) is 48.4. The molecule has 0 fully saturated rings. The normalized spacial score (nSPS) is 22.5. The van der Waals surface area contributed by atoms with Crippen molar-refractivity contribution in [3.8, 4) is 34.5 Å². The maximum atomic E-state index is 9.97. The van der Waals surface area contributed by atoms with Gasteiger partial charge < -0.3 is 44.5 Å². The number of aliphatic hydroxyl groups excluding tert-OH is 3. The fraction of sp³-hybridized carbons (Fsp3) is 0.259. The van der Waals surface area contributed by atoms with Crippen LogP contribution < -0.4 is 18.9 Å². The Morgan fingerprint density at radius 2 is 1.19 bits per heavy atom. The van der Waals surface area contributed by atoms with Gasteiger partial charge in [0.05, 0.1) is 19.8 Å². The summed E-state index contributed by atoms with van der Waals surface area (Å²) in [6.07, 6.45) is 0.588. The summed E-state index contributed by atoms with van der Waals surface area (Å²) in [6.45, 7) is -0.712. The van der Waals surface area contributed by atoms with Gasteiger partial charge in [0.2, 0.25) is 0 Å². The van der Waals surface area contributed by atoms with Crippen LogP contribution in [0.1, 0.15) is 28.9 Å². The quantitative estimate of drug-likeness (QED) is 0.328. The predicted molar refractivity (Wildman–Crippen MR) is 129 cm³/mol. The molecule has 9 nitrogen and oxygen atoms in total. The SMILES string of the molecule is OCC=Cc1ccc2c(c1)O[C@@H](c1ccc3c(c1)O[C@H](CO)[C@@H](c1ccc(O)c(O)c1)O3)[C@@H](CO)O2. The number of hydrogen-bond acceptors (Lipinski definition) is 9. The fourth-order valence-corrected chi connectivity index (χ4v) is 4.32. The number of rotatable bonds is 6. The lowest BCUT2D eigenvalue weighted by Crippen LogP contribution is -2.37. The van der Waals surface area contributed by atoms with Crippen molar-refractivity contribution in [1.82, 2.24) is 0 Å². The zero-order valence-corrected chi connectivity index (χ0v) is 19.2. The molecule has 3 aromatic rings. The van der Waals surface area contributed by atoms with Gasteiger partial charge in [-0.15, -0.1) is 0 Å². The first-order valence-corrected chi connectivity index (χ1v) is 11.5. The topological polar surface area (TPSA) is 138 Å². The van der Waals surface area contributed by atoms with Gasteiger partial charge in [-0.3, -0.25) is 0 Å². The first-order valence-electron chi connectivity index (χ1n) is 11.5. The van der Waals surface area contributed by atoms with Gasteiger partial charge in [0.25, 0.3) is 0 Å². The second-order valence-corrected chi connectivity index (χ2v) is 8.50. The zero-order chi connectivity index (χ0) is 25.2. The number of aromatic hydroxyl groups is 2. The van der Waals surface area contributed by atoms with Crippen molar-refractivity contribution in [2.45, 2.75) is 24.4 Å². The van der Waals surface area contributed by atoms with Crippen LogP contribution in [0.3, 0.4) is 0 Å². The molecule has 2 aliphatic heterocycles. The largest absolute Gasteiger partial charge is 0.504 e. The highest BCUT2D eigenvalue weighted by Crippen LogP contribution is 2.45. The highest BCUT2D eigenvalue weighted by Gasteiger charge is 2.36. The van der Waals surface area contributed by atoms with Crippen molar-refractivity contribution in [2.75, 3.05) is 19.8 Å². The smallest absolute Gasteiger partial charge is 0.163 e. The summed E-state index contributed by atoms with van der Waals surface area (Å²) >= 11 is 0. The number of benzene rings is 3. The van der Waals surface area contributed by atoms with Crippen LogP contribution in [-0.4, -0.2) is 57.6 Å². The minimum atomic E-state index is -0.768. The Labute approximate surface area is 207 Å². The standard InChI is InChI=1S/C27H26O9/c28-9-1-2-15-3-7-20-22(10-15)36-27(24(13-29)33-20)17-5-8-21-23(12-17)34-25(14-30)26(35-21)16-4-6-18(31)19(32)11-16/h1-8,10-12,24-32H,9,13-14H2/t24-,25-,26-,27+/m1/s1. The second-order valence-electron chi connectivity index (χ2n) is 8.50. The summed E-state index contributed by atoms with van der Waals surface area (Å²) in [6, 6.07) is 14.9. The maximum absolute atomic E-state index is 9.97. The van der Waals surface area contributed by atoms with Gasteiger partial charge in [-0.05, 0) is 42.0 Å². The van der Waals surface area contributed by atoms with Gasteiger partial charge in [-0.1, -0.05) is 30.4 Å². The monoisotopic (exact) mass is 494 g/mol. The van der Waals surface area contributed by atoms with Crippen molar-refractivity contribution in [3.63, 3.8) is 0 Å². The highest BCUT2D eigenvalue weighted by atomic mass is 16.6. The van der Waals surface area contributed by atoms with Gasteiger partial charge in [0.1, 0.15) is 0 Å². The minimum Gasteiger partial charge on any atom is -0.504 e. The molecule has 0 saturated heterocycles. The van der Waals surface area contributed by atoms with Crippen LogP contribution in [0.25, 0.3) is 6.08 Å². The first-order chi connectivity index (χ1) is 17.5. The van der Waals surface area contributed by atoms with E-state index >= 15 is 0 Å². The Bertz CT molecular complexity index is 1270. The van der Waals surface area contributed by atoms with Gasteiger partial charge >= 0.3 is 0 Å². The predicted octanol–water partition coefficient (Wildman–Crippen LogP) is 2.85. The molecule has 188 valence electrons. The molecule has 9 heteroatoms. The Kier molecular flexibility index (Phi) is 6.60. The van der Waals surface area contributed by atoms with Crippen molar-refractivity contribution < 1.29 is 44.5 Å². The summed E-state index contributed by atoms with van der Waals surface area (Å²) in [4.78, 5) is 0. The molecule has 5 N–H and O–H groups in total. The molecule has 0 saturated carbocycles. The van der Waals surface area contributed by atoms with Crippen molar-refractivity contribution in [1.29, 1.82) is 0 Å². The average molecular weight is 494 g/mol. The number of ether oxygens (including phenoxy) is 4. The second kappa shape index (κ2) is 9.98. The molecule has 0 bridgehead atoms. The Hall–Kier alpha value is -3.92. The molecule has 3 aromatic carbocycles. The van der Waals surface area contributed by atoms with E-state index in [9.17, 15) is 20.4 Å². The van der Waals surface area contributed by atoms with E-state index in [-0.39, 0.29) is 31.3 Å². The molecule has 0 spiro atoms. The van der Waals surface area contributed by atoms with Gasteiger partial charge in [0.15, 0.2) is 58.9 Å². The molecule has 4 atom stereocenters. The van der Waals surface area contributed by atoms with Crippen LogP contribution in [0.4, 0.5) is 0 Å². The molecular formula is C27H26O9. The molecule has 0 unspecified atom stereocenters. The number of phenols is 2. The van der Waals surface area contributed by atoms with Gasteiger partial charge in [-0.25, -0.2) is 0 Å². The Morgan fingerprint density at radius 1 is 0.611 bits per heavy atom. The van der Waals surface area contributed by atoms with E-state index in [4.69, 9.17) is 24.1 Å². The van der Waals surface area contributed by atoms with E-state index in [0.29, 0.717) is 34.1 Å². The van der Waals surface area contributed by atoms with Crippen LogP contribution in [0.5, 0.6) is 34.5 Å². The van der Waals surface area contributed by atoms with Crippen LogP contribution >= 0.6 is 0 Å². The average Bonchev–Trinajstić information content (AvgIpc) is 2.91. The van der Waals surface area contributed by atoms with Crippen LogP contribution in [0.2, 0.25) is 0 Å². The third kappa shape index (κ3) is 4.51. The van der Waals surface area contributed by atoms with E-state index in [1.165, 1.54) is 12.1 Å². The van der Waals surface area contributed by atoms with E-state index in [2.05, 4.69) is 0 Å². The number of aliphatic hydroxyl groups is 3. The minimum absolute atomic E-state index is 0.0789. The molecular weight excluding hydrogens is 468 g/mol. The van der Waals surface area contributed by atoms with Crippen molar-refractivity contribution in [2.24, 2.45) is 0 Å². The molecule has 2 aliphatic rings. The molecule has 5 rings (SSSR count). The van der Waals surface area contributed by atoms with Crippen molar-refractivity contribution in [3.05, 3.63) is 77.4 Å². The van der Waals surface area contributed by atoms with Crippen molar-refractivity contribution >= 4 is 6.08 Å². The molecule has 0 amide bonds. The lowest BCUT2D eigenvalue weighted by atomic mass is 10.00. The fourth-order valence-electron chi connectivity index (χ4n) is 4.32. The van der Waals surface area contributed by atoms with E-state index in [1.54, 1.807) is 48.6 Å². The molecule has 0 radical (unpaired) electrons. The van der Waals surface area contributed by atoms with Gasteiger partial charge in [-0.2, -0.15) is 0 Å². The number of fused-ring (bicyclic) bond motifs is 2. The van der Waals surface area contributed by atoms with Gasteiger partial charge in [0, 0.05) is 11.1 Å². The maximum Gasteiger partial charge on any atom is 0.163 e. The third-order valence-corrected chi connectivity index (χ3v) is 6.11. The zero-order valence-electron chi connectivity index (χ0n) is 19.2. The molecule has 0 aliphatic carbocycles. The number of phenolic OH excluding ortho intramolecular Hbond substituents is 2. The summed E-state index contributed by atoms with van der Waals surface area (Å²) in [5.41, 5.74) is 2.04. The Morgan fingerprint density at radius 3 is 1.89 bits per heavy atom. The van der Waals surface area contributed by atoms with E-state index in [0.717, 1.165) is 5.56 Å². The summed E-state index contributed by atoms with van der Waals surface area (Å²) in [5.74, 6) is 1.26. The summed E-state index contributed by atoms with van der Waals surface area (Å²) < 4.78 is 24.3. The Balaban J connectivity index is 1.43. The highest BCUT2D eigenvalue weighted by molar-refractivity contribution is 5.57. The van der Waals surface area contributed by atoms with Crippen LogP contribution in [-0.2, 0) is 0 Å².